The molecule has 4 aromatic rings. The third-order valence-electron chi connectivity index (χ3n) is 6.08. The van der Waals surface area contributed by atoms with Crippen molar-refractivity contribution in [1.82, 2.24) is 9.99 Å². The number of carbonyl (C=O) groups is 1. The van der Waals surface area contributed by atoms with Crippen LogP contribution in [0, 0.1) is 5.82 Å². The van der Waals surface area contributed by atoms with Crippen LogP contribution in [0.3, 0.4) is 0 Å². The van der Waals surface area contributed by atoms with E-state index in [-0.39, 0.29) is 17.3 Å². The number of hydrogen-bond donors (Lipinski definition) is 1. The van der Waals surface area contributed by atoms with Gasteiger partial charge in [0.1, 0.15) is 5.82 Å². The first-order valence-corrected chi connectivity index (χ1v) is 11.3. The maximum absolute atomic E-state index is 13.5. The fourth-order valence-corrected chi connectivity index (χ4v) is 4.69. The van der Waals surface area contributed by atoms with Crippen LogP contribution in [0.1, 0.15) is 41.6 Å². The first-order chi connectivity index (χ1) is 16.4. The van der Waals surface area contributed by atoms with Gasteiger partial charge in [-0.05, 0) is 53.4 Å². The molecular formula is C27H21ClFN3O2. The first kappa shape index (κ1) is 22.0. The van der Waals surface area contributed by atoms with Gasteiger partial charge in [0.15, 0.2) is 0 Å². The number of rotatable bonds is 4. The molecule has 7 heteroatoms. The zero-order valence-electron chi connectivity index (χ0n) is 18.4. The molecule has 0 spiro atoms. The lowest BCUT2D eigenvalue weighted by molar-refractivity contribution is -0.130. The highest BCUT2D eigenvalue weighted by Crippen LogP contribution is 2.34. The van der Waals surface area contributed by atoms with Gasteiger partial charge >= 0.3 is 0 Å². The number of hydrogen-bond acceptors (Lipinski definition) is 3. The number of pyridine rings is 1. The largest absolute Gasteiger partial charge is 0.321 e. The molecule has 170 valence electrons. The second kappa shape index (κ2) is 8.88. The van der Waals surface area contributed by atoms with Gasteiger partial charge in [-0.1, -0.05) is 54.1 Å². The van der Waals surface area contributed by atoms with Gasteiger partial charge in [-0.2, -0.15) is 5.10 Å². The van der Waals surface area contributed by atoms with Gasteiger partial charge < -0.3 is 4.98 Å². The van der Waals surface area contributed by atoms with Crippen molar-refractivity contribution in [2.24, 2.45) is 5.10 Å². The molecule has 1 unspecified atom stereocenters. The van der Waals surface area contributed by atoms with Crippen LogP contribution in [-0.4, -0.2) is 21.6 Å². The van der Waals surface area contributed by atoms with Gasteiger partial charge in [-0.25, -0.2) is 9.40 Å². The second-order valence-electron chi connectivity index (χ2n) is 8.34. The van der Waals surface area contributed by atoms with E-state index in [1.165, 1.54) is 24.1 Å². The lowest BCUT2D eigenvalue weighted by atomic mass is 9.91. The minimum atomic E-state index is -0.424. The number of nitrogens with zero attached hydrogens (tertiary/aromatic N) is 2. The lowest BCUT2D eigenvalue weighted by Crippen LogP contribution is -2.24. The molecule has 1 aromatic heterocycles. The average molecular weight is 474 g/mol. The minimum absolute atomic E-state index is 0.255. The smallest absolute Gasteiger partial charge is 0.257 e. The highest BCUT2D eigenvalue weighted by atomic mass is 35.5. The third-order valence-corrected chi connectivity index (χ3v) is 6.32. The molecule has 0 aliphatic carbocycles. The van der Waals surface area contributed by atoms with Crippen molar-refractivity contribution in [3.8, 4) is 0 Å². The van der Waals surface area contributed by atoms with Gasteiger partial charge in [0.25, 0.3) is 5.56 Å². The summed E-state index contributed by atoms with van der Waals surface area (Å²) in [6.45, 7) is 1.43. The molecule has 0 bridgehead atoms. The van der Waals surface area contributed by atoms with Crippen molar-refractivity contribution in [3.63, 3.8) is 0 Å². The summed E-state index contributed by atoms with van der Waals surface area (Å²) in [6, 6.07) is 20.8. The van der Waals surface area contributed by atoms with E-state index in [9.17, 15) is 14.0 Å². The van der Waals surface area contributed by atoms with E-state index < -0.39 is 6.04 Å². The van der Waals surface area contributed by atoms with Gasteiger partial charge in [0.05, 0.1) is 17.3 Å². The molecule has 1 aliphatic rings. The quantitative estimate of drug-likeness (QED) is 0.418. The van der Waals surface area contributed by atoms with E-state index in [1.54, 1.807) is 24.3 Å². The highest BCUT2D eigenvalue weighted by molar-refractivity contribution is 6.31. The molecule has 0 saturated heterocycles. The Bertz CT molecular complexity index is 1480. The summed E-state index contributed by atoms with van der Waals surface area (Å²) in [5, 5.41) is 7.34. The van der Waals surface area contributed by atoms with Crippen LogP contribution in [-0.2, 0) is 11.2 Å². The topological polar surface area (TPSA) is 65.5 Å². The molecule has 1 atom stereocenters. The highest BCUT2D eigenvalue weighted by Gasteiger charge is 2.33. The Morgan fingerprint density at radius 3 is 2.56 bits per heavy atom. The van der Waals surface area contributed by atoms with E-state index >= 15 is 0 Å². The summed E-state index contributed by atoms with van der Waals surface area (Å²) < 4.78 is 13.5. The van der Waals surface area contributed by atoms with Gasteiger partial charge in [-0.3, -0.25) is 9.59 Å². The Labute approximate surface area is 200 Å². The van der Waals surface area contributed by atoms with Crippen LogP contribution in [0.2, 0.25) is 5.02 Å². The van der Waals surface area contributed by atoms with Crippen LogP contribution in [0.25, 0.3) is 10.9 Å². The van der Waals surface area contributed by atoms with Crippen molar-refractivity contribution in [2.75, 3.05) is 0 Å². The first-order valence-electron chi connectivity index (χ1n) is 10.9. The number of carbonyl (C=O) groups excluding carboxylic acids is 1. The Morgan fingerprint density at radius 1 is 1.12 bits per heavy atom. The molecule has 1 aliphatic heterocycles. The lowest BCUT2D eigenvalue weighted by Gasteiger charge is -2.20. The zero-order valence-corrected chi connectivity index (χ0v) is 19.1. The van der Waals surface area contributed by atoms with Crippen molar-refractivity contribution >= 4 is 34.1 Å². The molecule has 0 fully saturated rings. The summed E-state index contributed by atoms with van der Waals surface area (Å²) in [5.41, 5.74) is 3.94. The number of hydrazone groups is 1. The Kier molecular flexibility index (Phi) is 5.75. The summed E-state index contributed by atoms with van der Waals surface area (Å²) in [7, 11) is 0. The average Bonchev–Trinajstić information content (AvgIpc) is 3.26. The number of H-pyrrole nitrogens is 1. The maximum Gasteiger partial charge on any atom is 0.257 e. The monoisotopic (exact) mass is 473 g/mol. The molecule has 2 heterocycles. The maximum atomic E-state index is 13.5. The number of aromatic amines is 1. The number of aromatic nitrogens is 1. The normalized spacial score (nSPS) is 15.6. The predicted octanol–water partition coefficient (Wildman–Crippen LogP) is 5.61. The van der Waals surface area contributed by atoms with Crippen molar-refractivity contribution in [3.05, 3.63) is 116 Å². The fourth-order valence-electron chi connectivity index (χ4n) is 4.52. The molecule has 0 saturated carbocycles. The van der Waals surface area contributed by atoms with Gasteiger partial charge in [-0.15, -0.1) is 0 Å². The Morgan fingerprint density at radius 2 is 1.85 bits per heavy atom. The van der Waals surface area contributed by atoms with E-state index in [0.29, 0.717) is 34.7 Å². The SMILES string of the molecule is CC(=O)N1N=C(c2c(Cc3ccccc3)c3cc(Cl)ccc3[nH]c2=O)CC1c1ccc(F)cc1. The Hall–Kier alpha value is -3.77. The molecule has 1 amide bonds. The van der Waals surface area contributed by atoms with E-state index in [4.69, 9.17) is 11.6 Å². The number of benzene rings is 3. The predicted molar refractivity (Wildman–Crippen MR) is 132 cm³/mol. The summed E-state index contributed by atoms with van der Waals surface area (Å²) in [4.78, 5) is 28.7. The molecule has 5 nitrogen and oxygen atoms in total. The van der Waals surface area contributed by atoms with Crippen molar-refractivity contribution in [1.29, 1.82) is 0 Å². The number of halogens is 2. The molecule has 5 rings (SSSR count). The van der Waals surface area contributed by atoms with Crippen LogP contribution in [0.15, 0.2) is 82.7 Å². The second-order valence-corrected chi connectivity index (χ2v) is 8.78. The molecular weight excluding hydrogens is 453 g/mol. The zero-order chi connectivity index (χ0) is 23.8. The van der Waals surface area contributed by atoms with Gasteiger partial charge in [0.2, 0.25) is 5.91 Å². The van der Waals surface area contributed by atoms with Crippen LogP contribution in [0.4, 0.5) is 4.39 Å². The number of amides is 1. The standard InChI is InChI=1S/C27H21ClFN3O2/c1-16(33)32-25(18-7-10-20(29)11-8-18)15-24(31-32)26-22(13-17-5-3-2-4-6-17)21-14-19(28)9-12-23(21)30-27(26)34/h2-12,14,25H,13,15H2,1H3,(H,30,34). The minimum Gasteiger partial charge on any atom is -0.321 e. The fraction of sp³-hybridized carbons (Fsp3) is 0.148. The van der Waals surface area contributed by atoms with Crippen molar-refractivity contribution < 1.29 is 9.18 Å². The Balaban J connectivity index is 1.68. The third kappa shape index (κ3) is 4.13. The summed E-state index contributed by atoms with van der Waals surface area (Å²) in [6.07, 6.45) is 0.833. The molecule has 3 aromatic carbocycles. The molecule has 34 heavy (non-hydrogen) atoms. The van der Waals surface area contributed by atoms with Crippen LogP contribution in [0.5, 0.6) is 0 Å². The number of nitrogens with one attached hydrogen (secondary N) is 1. The van der Waals surface area contributed by atoms with Crippen molar-refractivity contribution in [2.45, 2.75) is 25.8 Å². The summed E-state index contributed by atoms with van der Waals surface area (Å²) >= 11 is 6.32. The van der Waals surface area contributed by atoms with Gasteiger partial charge in [0, 0.05) is 29.3 Å². The van der Waals surface area contributed by atoms with Crippen LogP contribution >= 0.6 is 11.6 Å². The van der Waals surface area contributed by atoms with E-state index in [0.717, 1.165) is 22.1 Å². The molecule has 1 N–H and O–H groups in total. The van der Waals surface area contributed by atoms with Crippen LogP contribution < -0.4 is 5.56 Å². The number of fused-ring (bicyclic) bond motifs is 1. The summed E-state index contributed by atoms with van der Waals surface area (Å²) in [5.74, 6) is -0.612. The van der Waals surface area contributed by atoms with E-state index in [2.05, 4.69) is 10.1 Å². The van der Waals surface area contributed by atoms with E-state index in [1.807, 2.05) is 36.4 Å². The molecule has 0 radical (unpaired) electrons.